The second kappa shape index (κ2) is 5.07. The van der Waals surface area contributed by atoms with Crippen LogP contribution in [0.4, 0.5) is 4.39 Å². The van der Waals surface area contributed by atoms with Gasteiger partial charge in [0.1, 0.15) is 17.6 Å². The molecule has 4 nitrogen and oxygen atoms in total. The summed E-state index contributed by atoms with van der Waals surface area (Å²) in [7, 11) is 3.22. The third kappa shape index (κ3) is 2.26. The van der Waals surface area contributed by atoms with E-state index >= 15 is 0 Å². The van der Waals surface area contributed by atoms with Crippen molar-refractivity contribution in [2.45, 2.75) is 6.10 Å². The fraction of sp³-hybridized carbons (Fsp3) is 0.250. The topological polar surface area (TPSA) is 47.3 Å². The van der Waals surface area contributed by atoms with Gasteiger partial charge in [0.2, 0.25) is 0 Å². The monoisotopic (exact) mass is 314 g/mol. The fourth-order valence-electron chi connectivity index (χ4n) is 1.74. The number of aliphatic hydroxyl groups excluding tert-OH is 1. The molecule has 0 aliphatic rings. The number of hydrogen-bond acceptors (Lipinski definition) is 3. The number of methoxy groups -OCH3 is 1. The van der Waals surface area contributed by atoms with Crippen LogP contribution in [0.2, 0.25) is 0 Å². The summed E-state index contributed by atoms with van der Waals surface area (Å²) in [5.74, 6) is 0.119. The maximum absolute atomic E-state index is 13.2. The maximum Gasteiger partial charge on any atom is 0.162 e. The van der Waals surface area contributed by atoms with Crippen molar-refractivity contribution in [2.24, 2.45) is 7.05 Å². The van der Waals surface area contributed by atoms with E-state index in [0.717, 1.165) is 0 Å². The van der Waals surface area contributed by atoms with Crippen molar-refractivity contribution in [3.63, 3.8) is 0 Å². The van der Waals surface area contributed by atoms with Gasteiger partial charge < -0.3 is 9.84 Å². The van der Waals surface area contributed by atoms with Crippen LogP contribution in [0.1, 0.15) is 17.4 Å². The molecule has 6 heteroatoms. The Bertz CT molecular complexity index is 571. The molecule has 1 aromatic carbocycles. The third-order valence-electron chi connectivity index (χ3n) is 2.69. The van der Waals surface area contributed by atoms with E-state index in [1.165, 1.54) is 36.2 Å². The second-order valence-corrected chi connectivity index (χ2v) is 4.65. The Balaban J connectivity index is 2.44. The quantitative estimate of drug-likeness (QED) is 0.946. The zero-order valence-corrected chi connectivity index (χ0v) is 11.5. The second-order valence-electron chi connectivity index (χ2n) is 3.80. The highest BCUT2D eigenvalue weighted by molar-refractivity contribution is 9.10. The van der Waals surface area contributed by atoms with E-state index in [0.29, 0.717) is 21.5 Å². The van der Waals surface area contributed by atoms with Gasteiger partial charge in [0.25, 0.3) is 0 Å². The van der Waals surface area contributed by atoms with Gasteiger partial charge in [-0.1, -0.05) is 6.07 Å². The number of hydrogen-bond donors (Lipinski definition) is 1. The van der Waals surface area contributed by atoms with Gasteiger partial charge in [0.15, 0.2) is 5.75 Å². The molecule has 0 aliphatic carbocycles. The summed E-state index contributed by atoms with van der Waals surface area (Å²) in [6.07, 6.45) is 0.598. The summed E-state index contributed by atoms with van der Waals surface area (Å²) in [5, 5.41) is 14.3. The van der Waals surface area contributed by atoms with Gasteiger partial charge >= 0.3 is 0 Å². The Morgan fingerprint density at radius 3 is 2.83 bits per heavy atom. The molecule has 1 N–H and O–H groups in total. The fourth-order valence-corrected chi connectivity index (χ4v) is 2.13. The van der Waals surface area contributed by atoms with Crippen LogP contribution in [0.5, 0.6) is 5.75 Å². The van der Waals surface area contributed by atoms with Gasteiger partial charge in [-0.25, -0.2) is 4.39 Å². The maximum atomic E-state index is 13.2. The van der Waals surface area contributed by atoms with Crippen molar-refractivity contribution in [3.05, 3.63) is 45.9 Å². The first kappa shape index (κ1) is 13.0. The molecule has 96 valence electrons. The molecule has 0 radical (unpaired) electrons. The molecule has 1 atom stereocenters. The SMILES string of the molecule is COc1cnn(C)c1C(O)c1ccc(F)c(Br)c1. The lowest BCUT2D eigenvalue weighted by Crippen LogP contribution is -2.08. The number of ether oxygens (including phenoxy) is 1. The lowest BCUT2D eigenvalue weighted by Gasteiger charge is -2.13. The number of halogens is 2. The van der Waals surface area contributed by atoms with Gasteiger partial charge in [0, 0.05) is 7.05 Å². The molecule has 0 bridgehead atoms. The Hall–Kier alpha value is -1.40. The van der Waals surface area contributed by atoms with Crippen LogP contribution in [0.15, 0.2) is 28.9 Å². The minimum absolute atomic E-state index is 0.306. The van der Waals surface area contributed by atoms with E-state index in [2.05, 4.69) is 21.0 Å². The first-order chi connectivity index (χ1) is 8.54. The number of benzene rings is 1. The van der Waals surface area contributed by atoms with Crippen molar-refractivity contribution < 1.29 is 14.2 Å². The van der Waals surface area contributed by atoms with Crippen molar-refractivity contribution in [3.8, 4) is 5.75 Å². The van der Waals surface area contributed by atoms with E-state index in [9.17, 15) is 9.50 Å². The number of aromatic nitrogens is 2. The average Bonchev–Trinajstić information content (AvgIpc) is 2.73. The Labute approximate surface area is 112 Å². The molecular formula is C12H12BrFN2O2. The van der Waals surface area contributed by atoms with Crippen molar-refractivity contribution in [1.29, 1.82) is 0 Å². The largest absolute Gasteiger partial charge is 0.493 e. The molecule has 2 rings (SSSR count). The summed E-state index contributed by atoms with van der Waals surface area (Å²) >= 11 is 3.09. The van der Waals surface area contributed by atoms with Crippen LogP contribution in [-0.2, 0) is 7.05 Å². The summed E-state index contributed by atoms with van der Waals surface area (Å²) in [5.41, 5.74) is 1.08. The van der Waals surface area contributed by atoms with Crippen LogP contribution >= 0.6 is 15.9 Å². The molecule has 0 saturated heterocycles. The average molecular weight is 315 g/mol. The van der Waals surface area contributed by atoms with Gasteiger partial charge in [-0.3, -0.25) is 4.68 Å². The van der Waals surface area contributed by atoms with E-state index in [1.807, 2.05) is 0 Å². The van der Waals surface area contributed by atoms with Crippen LogP contribution < -0.4 is 4.74 Å². The summed E-state index contributed by atoms with van der Waals surface area (Å²) in [4.78, 5) is 0. The zero-order chi connectivity index (χ0) is 13.3. The number of rotatable bonds is 3. The first-order valence-corrected chi connectivity index (χ1v) is 6.02. The van der Waals surface area contributed by atoms with Gasteiger partial charge in [-0.05, 0) is 33.6 Å². The standard InChI is InChI=1S/C12H12BrFN2O2/c1-16-11(10(18-2)6-15-16)12(17)7-3-4-9(14)8(13)5-7/h3-6,12,17H,1-2H3. The number of nitrogens with zero attached hydrogens (tertiary/aromatic N) is 2. The Kier molecular flexibility index (Phi) is 3.68. The summed E-state index contributed by atoms with van der Waals surface area (Å²) in [6, 6.07) is 4.36. The molecule has 1 unspecified atom stereocenters. The Morgan fingerprint density at radius 1 is 1.50 bits per heavy atom. The molecule has 0 spiro atoms. The highest BCUT2D eigenvalue weighted by Gasteiger charge is 2.20. The molecule has 2 aromatic rings. The van der Waals surface area contributed by atoms with Crippen molar-refractivity contribution >= 4 is 15.9 Å². The van der Waals surface area contributed by atoms with Crippen molar-refractivity contribution in [2.75, 3.05) is 7.11 Å². The van der Waals surface area contributed by atoms with Crippen LogP contribution in [0.3, 0.4) is 0 Å². The lowest BCUT2D eigenvalue weighted by atomic mass is 10.1. The van der Waals surface area contributed by atoms with Crippen molar-refractivity contribution in [1.82, 2.24) is 9.78 Å². The van der Waals surface area contributed by atoms with Crippen LogP contribution in [0, 0.1) is 5.82 Å². The van der Waals surface area contributed by atoms with Gasteiger partial charge in [0.05, 0.1) is 17.8 Å². The van der Waals surface area contributed by atoms with E-state index < -0.39 is 6.10 Å². The highest BCUT2D eigenvalue weighted by Crippen LogP contribution is 2.31. The van der Waals surface area contributed by atoms with E-state index in [4.69, 9.17) is 4.74 Å². The Morgan fingerprint density at radius 2 is 2.22 bits per heavy atom. The molecule has 18 heavy (non-hydrogen) atoms. The molecule has 0 fully saturated rings. The third-order valence-corrected chi connectivity index (χ3v) is 3.30. The smallest absolute Gasteiger partial charge is 0.162 e. The lowest BCUT2D eigenvalue weighted by molar-refractivity contribution is 0.204. The molecule has 1 heterocycles. The molecular weight excluding hydrogens is 303 g/mol. The van der Waals surface area contributed by atoms with Gasteiger partial charge in [-0.2, -0.15) is 5.10 Å². The zero-order valence-electron chi connectivity index (χ0n) is 9.89. The highest BCUT2D eigenvalue weighted by atomic mass is 79.9. The predicted octanol–water partition coefficient (Wildman–Crippen LogP) is 2.41. The van der Waals surface area contributed by atoms with Crippen LogP contribution in [-0.4, -0.2) is 22.0 Å². The molecule has 0 aliphatic heterocycles. The van der Waals surface area contributed by atoms with E-state index in [-0.39, 0.29) is 5.82 Å². The minimum Gasteiger partial charge on any atom is -0.493 e. The number of aryl methyl sites for hydroxylation is 1. The predicted molar refractivity (Wildman–Crippen MR) is 67.9 cm³/mol. The molecule has 1 aromatic heterocycles. The first-order valence-electron chi connectivity index (χ1n) is 5.23. The minimum atomic E-state index is -0.927. The van der Waals surface area contributed by atoms with Gasteiger partial charge in [-0.15, -0.1) is 0 Å². The molecule has 0 amide bonds. The summed E-state index contributed by atoms with van der Waals surface area (Å²) < 4.78 is 20.1. The van der Waals surface area contributed by atoms with Crippen LogP contribution in [0.25, 0.3) is 0 Å². The normalized spacial score (nSPS) is 12.5. The molecule has 0 saturated carbocycles. The van der Waals surface area contributed by atoms with E-state index in [1.54, 1.807) is 7.05 Å². The summed E-state index contributed by atoms with van der Waals surface area (Å²) in [6.45, 7) is 0. The number of aliphatic hydroxyl groups is 1.